The molecule has 2 aliphatic rings. The highest BCUT2D eigenvalue weighted by Gasteiger charge is 2.46. The van der Waals surface area contributed by atoms with E-state index in [-0.39, 0.29) is 12.0 Å². The number of aliphatic hydroxyl groups excluding tert-OH is 1. The second-order valence-corrected chi connectivity index (χ2v) is 7.11. The largest absolute Gasteiger partial charge is 0.458 e. The van der Waals surface area contributed by atoms with Crippen LogP contribution in [0.4, 0.5) is 0 Å². The first kappa shape index (κ1) is 20.1. The summed E-state index contributed by atoms with van der Waals surface area (Å²) in [5, 5.41) is 20.9. The van der Waals surface area contributed by atoms with Crippen molar-refractivity contribution >= 4 is 11.9 Å². The molecule has 0 saturated carbocycles. The van der Waals surface area contributed by atoms with Gasteiger partial charge in [-0.2, -0.15) is 0 Å². The van der Waals surface area contributed by atoms with Gasteiger partial charge in [0.05, 0.1) is 17.6 Å². The number of aliphatic hydroxyl groups is 2. The first-order valence-electron chi connectivity index (χ1n) is 8.57. The SMILES string of the molecule is C=C1C(=O)O[C@H]2C=C(C)[C@H](O)C=C[C@](C)(O)C[C@@H](OC(=O)/C(C)=C/C)[C@@H]12. The number of carbonyl (C=O) groups excluding carboxylic acids is 2. The molecule has 5 atom stereocenters. The molecule has 0 unspecified atom stereocenters. The van der Waals surface area contributed by atoms with Crippen LogP contribution < -0.4 is 0 Å². The van der Waals surface area contributed by atoms with Gasteiger partial charge in [-0.15, -0.1) is 0 Å². The lowest BCUT2D eigenvalue weighted by atomic mass is 9.82. The molecule has 1 heterocycles. The molecule has 1 fully saturated rings. The van der Waals surface area contributed by atoms with E-state index in [9.17, 15) is 19.8 Å². The van der Waals surface area contributed by atoms with Gasteiger partial charge in [-0.1, -0.05) is 24.8 Å². The van der Waals surface area contributed by atoms with Gasteiger partial charge in [-0.25, -0.2) is 9.59 Å². The molecule has 0 amide bonds. The Hall–Kier alpha value is -2.18. The molecule has 0 aromatic heterocycles. The number of esters is 2. The average Bonchev–Trinajstić information content (AvgIpc) is 2.84. The van der Waals surface area contributed by atoms with Gasteiger partial charge in [0.1, 0.15) is 12.2 Å². The van der Waals surface area contributed by atoms with Crippen molar-refractivity contribution in [3.8, 4) is 0 Å². The number of rotatable bonds is 2. The Bertz CT molecular complexity index is 697. The van der Waals surface area contributed by atoms with Gasteiger partial charge >= 0.3 is 11.9 Å². The minimum absolute atomic E-state index is 0.0304. The number of allylic oxidation sites excluding steroid dienone is 1. The quantitative estimate of drug-likeness (QED) is 0.443. The van der Waals surface area contributed by atoms with Gasteiger partial charge in [0.15, 0.2) is 0 Å². The van der Waals surface area contributed by atoms with Gasteiger partial charge in [-0.05, 0) is 39.3 Å². The second-order valence-electron chi connectivity index (χ2n) is 7.11. The highest BCUT2D eigenvalue weighted by atomic mass is 16.6. The summed E-state index contributed by atoms with van der Waals surface area (Å²) in [5.41, 5.74) is -0.188. The van der Waals surface area contributed by atoms with E-state index < -0.39 is 41.8 Å². The van der Waals surface area contributed by atoms with Crippen LogP contribution in [0.1, 0.15) is 34.1 Å². The van der Waals surface area contributed by atoms with Crippen LogP contribution in [0.5, 0.6) is 0 Å². The number of carbonyl (C=O) groups is 2. The summed E-state index contributed by atoms with van der Waals surface area (Å²) >= 11 is 0. The molecule has 0 aromatic rings. The van der Waals surface area contributed by atoms with E-state index in [1.54, 1.807) is 39.8 Å². The fraction of sp³-hybridized carbons (Fsp3) is 0.500. The number of fused-ring (bicyclic) bond motifs is 1. The summed E-state index contributed by atoms with van der Waals surface area (Å²) in [5.74, 6) is -1.74. The lowest BCUT2D eigenvalue weighted by Gasteiger charge is -2.32. The van der Waals surface area contributed by atoms with E-state index in [0.29, 0.717) is 11.1 Å². The van der Waals surface area contributed by atoms with Crippen LogP contribution in [0.3, 0.4) is 0 Å². The third-order valence-corrected chi connectivity index (χ3v) is 4.82. The van der Waals surface area contributed by atoms with E-state index >= 15 is 0 Å². The summed E-state index contributed by atoms with van der Waals surface area (Å²) < 4.78 is 11.0. The van der Waals surface area contributed by atoms with Crippen molar-refractivity contribution in [1.82, 2.24) is 0 Å². The molecule has 1 aliphatic heterocycles. The molecule has 26 heavy (non-hydrogen) atoms. The van der Waals surface area contributed by atoms with Crippen LogP contribution >= 0.6 is 0 Å². The van der Waals surface area contributed by atoms with E-state index in [1.165, 1.54) is 12.2 Å². The van der Waals surface area contributed by atoms with Crippen LogP contribution in [0.15, 0.2) is 47.6 Å². The predicted molar refractivity (Wildman–Crippen MR) is 96.0 cm³/mol. The molecule has 6 nitrogen and oxygen atoms in total. The van der Waals surface area contributed by atoms with E-state index in [4.69, 9.17) is 9.47 Å². The summed E-state index contributed by atoms with van der Waals surface area (Å²) in [4.78, 5) is 24.4. The maximum Gasteiger partial charge on any atom is 0.334 e. The first-order valence-corrected chi connectivity index (χ1v) is 8.57. The Morgan fingerprint density at radius 3 is 2.77 bits per heavy atom. The van der Waals surface area contributed by atoms with Gasteiger partial charge in [0.25, 0.3) is 0 Å². The highest BCUT2D eigenvalue weighted by molar-refractivity contribution is 5.92. The predicted octanol–water partition coefficient (Wildman–Crippen LogP) is 1.98. The first-order chi connectivity index (χ1) is 12.1. The molecule has 0 bridgehead atoms. The maximum atomic E-state index is 12.3. The molecule has 0 aromatic carbocycles. The van der Waals surface area contributed by atoms with Crippen molar-refractivity contribution in [3.63, 3.8) is 0 Å². The average molecular weight is 362 g/mol. The zero-order valence-electron chi connectivity index (χ0n) is 15.6. The molecular weight excluding hydrogens is 336 g/mol. The normalized spacial score (nSPS) is 35.5. The topological polar surface area (TPSA) is 93.1 Å². The number of ether oxygens (including phenoxy) is 2. The van der Waals surface area contributed by atoms with Crippen molar-refractivity contribution < 1.29 is 29.3 Å². The van der Waals surface area contributed by atoms with Crippen LogP contribution in [0.25, 0.3) is 0 Å². The maximum absolute atomic E-state index is 12.3. The van der Waals surface area contributed by atoms with Crippen LogP contribution in [-0.4, -0.2) is 46.1 Å². The summed E-state index contributed by atoms with van der Waals surface area (Å²) in [6, 6.07) is 0. The third kappa shape index (κ3) is 4.31. The van der Waals surface area contributed by atoms with Crippen molar-refractivity contribution in [1.29, 1.82) is 0 Å². The Kier molecular flexibility index (Phi) is 5.88. The molecule has 142 valence electrons. The van der Waals surface area contributed by atoms with Gasteiger partial charge in [0.2, 0.25) is 0 Å². The van der Waals surface area contributed by atoms with Crippen LogP contribution in [0, 0.1) is 5.92 Å². The minimum atomic E-state index is -1.36. The molecule has 0 radical (unpaired) electrons. The number of hydrogen-bond donors (Lipinski definition) is 2. The Labute approximate surface area is 153 Å². The van der Waals surface area contributed by atoms with E-state index in [1.807, 2.05) is 0 Å². The van der Waals surface area contributed by atoms with Crippen molar-refractivity contribution in [2.75, 3.05) is 0 Å². The second kappa shape index (κ2) is 7.60. The van der Waals surface area contributed by atoms with Gasteiger partial charge in [0, 0.05) is 17.6 Å². The van der Waals surface area contributed by atoms with Gasteiger partial charge < -0.3 is 19.7 Å². The molecule has 1 aliphatic carbocycles. The fourth-order valence-electron chi connectivity index (χ4n) is 3.05. The zero-order valence-corrected chi connectivity index (χ0v) is 15.6. The summed E-state index contributed by atoms with van der Waals surface area (Å²) in [7, 11) is 0. The van der Waals surface area contributed by atoms with Crippen molar-refractivity contribution in [2.24, 2.45) is 5.92 Å². The molecule has 6 heteroatoms. The molecular formula is C20H26O6. The summed E-state index contributed by atoms with van der Waals surface area (Å²) in [6.45, 7) is 10.4. The van der Waals surface area contributed by atoms with Crippen LogP contribution in [0.2, 0.25) is 0 Å². The van der Waals surface area contributed by atoms with E-state index in [2.05, 4.69) is 6.58 Å². The molecule has 0 spiro atoms. The van der Waals surface area contributed by atoms with Crippen LogP contribution in [-0.2, 0) is 19.1 Å². The highest BCUT2D eigenvalue weighted by Crippen LogP contribution is 2.37. The standard InChI is InChI=1S/C20H26O6/c1-6-11(2)18(22)26-16-10-20(5,24)8-7-14(21)12(3)9-15-17(16)13(4)19(23)25-15/h6-9,14-17,21,24H,4,10H2,1-3,5H3/b8-7?,11-6+,12-9?/t14-,15+,16-,17+,20+/m1/s1. The zero-order chi connectivity index (χ0) is 19.6. The Morgan fingerprint density at radius 2 is 2.15 bits per heavy atom. The summed E-state index contributed by atoms with van der Waals surface area (Å²) in [6.07, 6.45) is 3.77. The monoisotopic (exact) mass is 362 g/mol. The Morgan fingerprint density at radius 1 is 1.50 bits per heavy atom. The van der Waals surface area contributed by atoms with Gasteiger partial charge in [-0.3, -0.25) is 0 Å². The molecule has 1 saturated heterocycles. The fourth-order valence-corrected chi connectivity index (χ4v) is 3.05. The third-order valence-electron chi connectivity index (χ3n) is 4.82. The number of hydrogen-bond acceptors (Lipinski definition) is 6. The van der Waals surface area contributed by atoms with E-state index in [0.717, 1.165) is 0 Å². The Balaban J connectivity index is 2.48. The lowest BCUT2D eigenvalue weighted by Crippen LogP contribution is -2.40. The molecule has 2 N–H and O–H groups in total. The minimum Gasteiger partial charge on any atom is -0.458 e. The van der Waals surface area contributed by atoms with Crippen molar-refractivity contribution in [3.05, 3.63) is 47.6 Å². The lowest BCUT2D eigenvalue weighted by molar-refractivity contribution is -0.150. The van der Waals surface area contributed by atoms with Crippen molar-refractivity contribution in [2.45, 2.75) is 58.0 Å². The molecule has 2 rings (SSSR count). The smallest absolute Gasteiger partial charge is 0.334 e.